The summed E-state index contributed by atoms with van der Waals surface area (Å²) in [6, 6.07) is -0.795. The highest BCUT2D eigenvalue weighted by Crippen LogP contribution is 2.30. The van der Waals surface area contributed by atoms with Crippen LogP contribution < -0.4 is 5.32 Å². The van der Waals surface area contributed by atoms with Crippen molar-refractivity contribution in [3.05, 3.63) is 21.4 Å². The van der Waals surface area contributed by atoms with Crippen molar-refractivity contribution in [3.8, 4) is 0 Å². The van der Waals surface area contributed by atoms with Crippen molar-refractivity contribution in [2.45, 2.75) is 45.1 Å². The lowest BCUT2D eigenvalue weighted by atomic mass is 9.95. The van der Waals surface area contributed by atoms with Crippen LogP contribution in [0.3, 0.4) is 0 Å². The number of rotatable bonds is 4. The Bertz CT molecular complexity index is 467. The van der Waals surface area contributed by atoms with Gasteiger partial charge in [-0.3, -0.25) is 4.79 Å². The Morgan fingerprint density at radius 2 is 2.17 bits per heavy atom. The number of aliphatic carboxylic acids is 1. The normalized spacial score (nSPS) is 15.8. The van der Waals surface area contributed by atoms with E-state index in [1.807, 2.05) is 5.38 Å². The van der Waals surface area contributed by atoms with E-state index >= 15 is 0 Å². The summed E-state index contributed by atoms with van der Waals surface area (Å²) in [7, 11) is 0. The average molecular weight is 267 g/mol. The van der Waals surface area contributed by atoms with Crippen molar-refractivity contribution in [3.63, 3.8) is 0 Å². The molecule has 1 aliphatic carbocycles. The van der Waals surface area contributed by atoms with Crippen LogP contribution in [0.25, 0.3) is 0 Å². The van der Waals surface area contributed by atoms with E-state index in [0.717, 1.165) is 24.8 Å². The molecule has 1 heterocycles. The van der Waals surface area contributed by atoms with Gasteiger partial charge in [0.2, 0.25) is 0 Å². The monoisotopic (exact) mass is 267 g/mol. The van der Waals surface area contributed by atoms with Crippen molar-refractivity contribution in [2.75, 3.05) is 0 Å². The lowest BCUT2D eigenvalue weighted by Crippen LogP contribution is -2.40. The molecule has 0 fully saturated rings. The smallest absolute Gasteiger partial charge is 0.326 e. The standard InChI is InChI=1S/C13H17NO3S/c1-2-10(13(16)17)14-12(15)9-7-18-11-6-4-3-5-8(9)11/h7,10H,2-6H2,1H3,(H,14,15)(H,16,17). The van der Waals surface area contributed by atoms with E-state index in [2.05, 4.69) is 5.32 Å². The number of aryl methyl sites for hydroxylation is 1. The first kappa shape index (κ1) is 13.1. The maximum Gasteiger partial charge on any atom is 0.326 e. The Morgan fingerprint density at radius 3 is 2.83 bits per heavy atom. The first-order chi connectivity index (χ1) is 8.63. The summed E-state index contributed by atoms with van der Waals surface area (Å²) in [4.78, 5) is 24.3. The van der Waals surface area contributed by atoms with Crippen LogP contribution in [-0.4, -0.2) is 23.0 Å². The van der Waals surface area contributed by atoms with Gasteiger partial charge in [-0.1, -0.05) is 6.92 Å². The number of thiophene rings is 1. The molecule has 0 saturated heterocycles. The van der Waals surface area contributed by atoms with Crippen LogP contribution >= 0.6 is 11.3 Å². The molecule has 1 amide bonds. The molecule has 0 aliphatic heterocycles. The minimum Gasteiger partial charge on any atom is -0.480 e. The van der Waals surface area contributed by atoms with E-state index in [0.29, 0.717) is 12.0 Å². The number of carboxylic acid groups (broad SMARTS) is 1. The molecule has 1 unspecified atom stereocenters. The maximum absolute atomic E-state index is 12.1. The van der Waals surface area contributed by atoms with Crippen molar-refractivity contribution in [1.82, 2.24) is 5.32 Å². The summed E-state index contributed by atoms with van der Waals surface area (Å²) in [6.07, 6.45) is 4.67. The highest BCUT2D eigenvalue weighted by molar-refractivity contribution is 7.10. The molecular formula is C13H17NO3S. The number of hydrogen-bond donors (Lipinski definition) is 2. The summed E-state index contributed by atoms with van der Waals surface area (Å²) >= 11 is 1.62. The minimum atomic E-state index is -0.977. The molecule has 0 saturated carbocycles. The van der Waals surface area contributed by atoms with Crippen LogP contribution in [-0.2, 0) is 17.6 Å². The Hall–Kier alpha value is -1.36. The van der Waals surface area contributed by atoms with Gasteiger partial charge in [-0.15, -0.1) is 11.3 Å². The zero-order valence-electron chi connectivity index (χ0n) is 10.4. The molecule has 98 valence electrons. The van der Waals surface area contributed by atoms with Crippen LogP contribution in [0.5, 0.6) is 0 Å². The third-order valence-electron chi connectivity index (χ3n) is 3.32. The Labute approximate surface area is 110 Å². The zero-order valence-corrected chi connectivity index (χ0v) is 11.2. The molecule has 0 spiro atoms. The van der Waals surface area contributed by atoms with E-state index in [1.54, 1.807) is 18.3 Å². The van der Waals surface area contributed by atoms with Crippen molar-refractivity contribution in [2.24, 2.45) is 0 Å². The van der Waals surface area contributed by atoms with Gasteiger partial charge in [0.25, 0.3) is 5.91 Å². The van der Waals surface area contributed by atoms with Crippen molar-refractivity contribution >= 4 is 23.2 Å². The summed E-state index contributed by atoms with van der Waals surface area (Å²) in [5.74, 6) is -1.22. The largest absolute Gasteiger partial charge is 0.480 e. The molecule has 0 aromatic carbocycles. The summed E-state index contributed by atoms with van der Waals surface area (Å²) in [6.45, 7) is 1.75. The lowest BCUT2D eigenvalue weighted by Gasteiger charge is -2.15. The van der Waals surface area contributed by atoms with Crippen LogP contribution in [0.1, 0.15) is 47.0 Å². The van der Waals surface area contributed by atoms with Crippen LogP contribution in [0.15, 0.2) is 5.38 Å². The minimum absolute atomic E-state index is 0.247. The van der Waals surface area contributed by atoms with E-state index in [1.165, 1.54) is 11.3 Å². The molecule has 18 heavy (non-hydrogen) atoms. The molecule has 0 radical (unpaired) electrons. The van der Waals surface area contributed by atoms with Gasteiger partial charge in [0.15, 0.2) is 0 Å². The molecular weight excluding hydrogens is 250 g/mol. The molecule has 5 heteroatoms. The number of carboxylic acids is 1. The van der Waals surface area contributed by atoms with E-state index < -0.39 is 12.0 Å². The number of fused-ring (bicyclic) bond motifs is 1. The number of carbonyl (C=O) groups is 2. The van der Waals surface area contributed by atoms with Gasteiger partial charge in [-0.2, -0.15) is 0 Å². The van der Waals surface area contributed by atoms with Gasteiger partial charge >= 0.3 is 5.97 Å². The van der Waals surface area contributed by atoms with Gasteiger partial charge in [0, 0.05) is 10.3 Å². The molecule has 1 atom stereocenters. The van der Waals surface area contributed by atoms with Crippen molar-refractivity contribution in [1.29, 1.82) is 0 Å². The third kappa shape index (κ3) is 2.56. The summed E-state index contributed by atoms with van der Waals surface area (Å²) in [5, 5.41) is 13.4. The summed E-state index contributed by atoms with van der Waals surface area (Å²) < 4.78 is 0. The lowest BCUT2D eigenvalue weighted by molar-refractivity contribution is -0.139. The highest BCUT2D eigenvalue weighted by atomic mass is 32.1. The van der Waals surface area contributed by atoms with Gasteiger partial charge in [-0.25, -0.2) is 4.79 Å². The van der Waals surface area contributed by atoms with Crippen LogP contribution in [0.2, 0.25) is 0 Å². The SMILES string of the molecule is CCC(NC(=O)c1csc2c1CCCC2)C(=O)O. The van der Waals surface area contributed by atoms with Gasteiger partial charge < -0.3 is 10.4 Å². The predicted octanol–water partition coefficient (Wildman–Crippen LogP) is 2.22. The average Bonchev–Trinajstić information content (AvgIpc) is 2.79. The number of hydrogen-bond acceptors (Lipinski definition) is 3. The quantitative estimate of drug-likeness (QED) is 0.879. The molecule has 0 bridgehead atoms. The van der Waals surface area contributed by atoms with Crippen molar-refractivity contribution < 1.29 is 14.7 Å². The van der Waals surface area contributed by atoms with Gasteiger partial charge in [0.05, 0.1) is 5.56 Å². The van der Waals surface area contributed by atoms with Gasteiger partial charge in [-0.05, 0) is 37.7 Å². The van der Waals surface area contributed by atoms with E-state index in [9.17, 15) is 9.59 Å². The second-order valence-corrected chi connectivity index (χ2v) is 5.49. The van der Waals surface area contributed by atoms with Crippen LogP contribution in [0.4, 0.5) is 0 Å². The Kier molecular flexibility index (Phi) is 4.01. The second kappa shape index (κ2) is 5.52. The maximum atomic E-state index is 12.1. The highest BCUT2D eigenvalue weighted by Gasteiger charge is 2.23. The predicted molar refractivity (Wildman–Crippen MR) is 70.1 cm³/mol. The number of carbonyl (C=O) groups excluding carboxylic acids is 1. The Balaban J connectivity index is 2.14. The molecule has 1 aliphatic rings. The first-order valence-electron chi connectivity index (χ1n) is 6.26. The number of nitrogens with one attached hydrogen (secondary N) is 1. The molecule has 1 aromatic rings. The Morgan fingerprint density at radius 1 is 1.44 bits per heavy atom. The third-order valence-corrected chi connectivity index (χ3v) is 4.41. The zero-order chi connectivity index (χ0) is 13.1. The van der Waals surface area contributed by atoms with E-state index in [-0.39, 0.29) is 5.91 Å². The number of amides is 1. The molecule has 1 aromatic heterocycles. The van der Waals surface area contributed by atoms with Gasteiger partial charge in [0.1, 0.15) is 6.04 Å². The molecule has 2 rings (SSSR count). The van der Waals surface area contributed by atoms with E-state index in [4.69, 9.17) is 5.11 Å². The van der Waals surface area contributed by atoms with Crippen LogP contribution in [0, 0.1) is 0 Å². The first-order valence-corrected chi connectivity index (χ1v) is 7.14. The fourth-order valence-corrected chi connectivity index (χ4v) is 3.38. The fraction of sp³-hybridized carbons (Fsp3) is 0.538. The topological polar surface area (TPSA) is 66.4 Å². The fourth-order valence-electron chi connectivity index (χ4n) is 2.26. The molecule has 4 nitrogen and oxygen atoms in total. The second-order valence-electron chi connectivity index (χ2n) is 4.53. The summed E-state index contributed by atoms with van der Waals surface area (Å²) in [5.41, 5.74) is 1.80. The molecule has 2 N–H and O–H groups in total.